The summed E-state index contributed by atoms with van der Waals surface area (Å²) in [5.74, 6) is 0. The van der Waals surface area contributed by atoms with Crippen molar-refractivity contribution in [3.63, 3.8) is 0 Å². The number of hydrogen-bond acceptors (Lipinski definition) is 1. The molecule has 146 valence electrons. The molecule has 1 heterocycles. The first-order valence-corrected chi connectivity index (χ1v) is 12.9. The molecule has 4 rings (SSSR count). The van der Waals surface area contributed by atoms with Crippen molar-refractivity contribution in [1.29, 1.82) is 0 Å². The minimum absolute atomic E-state index is 0.336. The first kappa shape index (κ1) is 19.4. The molecule has 0 N–H and O–H groups in total. The van der Waals surface area contributed by atoms with Crippen LogP contribution in [0.5, 0.6) is 0 Å². The molecular formula is C26H31OP. The average molecular weight is 391 g/mol. The fourth-order valence-corrected chi connectivity index (χ4v) is 12.4. The van der Waals surface area contributed by atoms with Gasteiger partial charge >= 0.3 is 170 Å². The van der Waals surface area contributed by atoms with Crippen molar-refractivity contribution >= 4 is 22.7 Å². The van der Waals surface area contributed by atoms with E-state index in [9.17, 15) is 0 Å². The molecule has 2 atom stereocenters. The van der Waals surface area contributed by atoms with Crippen molar-refractivity contribution in [2.75, 3.05) is 0 Å². The van der Waals surface area contributed by atoms with Crippen molar-refractivity contribution in [2.24, 2.45) is 0 Å². The summed E-state index contributed by atoms with van der Waals surface area (Å²) in [6.45, 7) is 1.60. The van der Waals surface area contributed by atoms with Crippen LogP contribution in [0.4, 0.5) is 0 Å². The quantitative estimate of drug-likeness (QED) is 0.463. The summed E-state index contributed by atoms with van der Waals surface area (Å²) in [6, 6.07) is 33.3. The zero-order chi connectivity index (χ0) is 19.5. The molecule has 0 saturated carbocycles. The molecule has 1 aliphatic heterocycles. The molecule has 28 heavy (non-hydrogen) atoms. The van der Waals surface area contributed by atoms with Crippen LogP contribution in [0.15, 0.2) is 91.0 Å². The Kier molecular flexibility index (Phi) is 5.41. The Labute approximate surface area is 169 Å². The van der Waals surface area contributed by atoms with E-state index >= 15 is 0 Å². The fraction of sp³-hybridized carbons (Fsp3) is 0.308. The second-order valence-electron chi connectivity index (χ2n) is 7.90. The Morgan fingerprint density at radius 1 is 0.607 bits per heavy atom. The summed E-state index contributed by atoms with van der Waals surface area (Å²) < 4.78 is 7.31. The third-order valence-corrected chi connectivity index (χ3v) is 12.9. The van der Waals surface area contributed by atoms with Gasteiger partial charge in [0, 0.05) is 0 Å². The molecule has 3 aromatic carbocycles. The van der Waals surface area contributed by atoms with Gasteiger partial charge in [0.15, 0.2) is 0 Å². The van der Waals surface area contributed by atoms with Crippen molar-refractivity contribution in [1.82, 2.24) is 0 Å². The van der Waals surface area contributed by atoms with E-state index in [0.717, 1.165) is 12.8 Å². The molecule has 0 radical (unpaired) electrons. The van der Waals surface area contributed by atoms with Crippen molar-refractivity contribution in [3.8, 4) is 0 Å². The van der Waals surface area contributed by atoms with Crippen LogP contribution in [0.1, 0.15) is 39.5 Å². The Morgan fingerprint density at radius 2 is 1.00 bits per heavy atom. The fourth-order valence-electron chi connectivity index (χ4n) is 5.32. The zero-order valence-corrected chi connectivity index (χ0v) is 17.9. The predicted molar refractivity (Wildman–Crippen MR) is 124 cm³/mol. The minimum atomic E-state index is -2.99. The molecule has 1 saturated heterocycles. The van der Waals surface area contributed by atoms with E-state index in [4.69, 9.17) is 4.52 Å². The number of hydrogen-bond donors (Lipinski definition) is 0. The van der Waals surface area contributed by atoms with Crippen LogP contribution in [-0.2, 0) is 4.52 Å². The maximum absolute atomic E-state index is 7.31. The second kappa shape index (κ2) is 7.82. The van der Waals surface area contributed by atoms with Crippen LogP contribution in [0.2, 0.25) is 0 Å². The molecule has 0 aromatic heterocycles. The van der Waals surface area contributed by atoms with E-state index in [1.165, 1.54) is 28.8 Å². The first-order valence-electron chi connectivity index (χ1n) is 10.6. The van der Waals surface area contributed by atoms with E-state index in [-0.39, 0.29) is 0 Å². The molecule has 2 heteroatoms. The van der Waals surface area contributed by atoms with Gasteiger partial charge in [0.1, 0.15) is 0 Å². The van der Waals surface area contributed by atoms with Crippen molar-refractivity contribution < 1.29 is 4.52 Å². The van der Waals surface area contributed by atoms with Gasteiger partial charge in [0.05, 0.1) is 0 Å². The van der Waals surface area contributed by atoms with E-state index in [0.29, 0.717) is 11.8 Å². The van der Waals surface area contributed by atoms with E-state index < -0.39 is 6.83 Å². The van der Waals surface area contributed by atoms with E-state index in [1.54, 1.807) is 0 Å². The predicted octanol–water partition coefficient (Wildman–Crippen LogP) is 5.80. The topological polar surface area (TPSA) is 9.23 Å². The Hall–Kier alpha value is -1.95. The van der Waals surface area contributed by atoms with E-state index in [1.807, 2.05) is 0 Å². The SMILES string of the molecule is CCC[C@@H]1[C@@H](CCC)OP1(c1ccccc1)(c1ccccc1)c1ccccc1. The van der Waals surface area contributed by atoms with Gasteiger partial charge in [-0.1, -0.05) is 0 Å². The summed E-state index contributed by atoms with van der Waals surface area (Å²) in [4.78, 5) is 0. The zero-order valence-electron chi connectivity index (χ0n) is 17.0. The van der Waals surface area contributed by atoms with Crippen LogP contribution >= 0.6 is 6.83 Å². The molecule has 0 aliphatic carbocycles. The molecule has 0 bridgehead atoms. The third-order valence-electron chi connectivity index (χ3n) is 6.38. The maximum atomic E-state index is 7.31. The summed E-state index contributed by atoms with van der Waals surface area (Å²) in [7, 11) is 0. The van der Waals surface area contributed by atoms with Crippen LogP contribution in [-0.4, -0.2) is 11.8 Å². The normalized spacial score (nSPS) is 23.9. The molecule has 0 amide bonds. The van der Waals surface area contributed by atoms with Gasteiger partial charge in [-0.25, -0.2) is 0 Å². The van der Waals surface area contributed by atoms with Crippen LogP contribution in [0, 0.1) is 0 Å². The number of benzene rings is 3. The Morgan fingerprint density at radius 3 is 1.36 bits per heavy atom. The van der Waals surface area contributed by atoms with Gasteiger partial charge < -0.3 is 0 Å². The summed E-state index contributed by atoms with van der Waals surface area (Å²) in [6.07, 6.45) is 5.01. The third kappa shape index (κ3) is 2.60. The Bertz CT molecular complexity index is 792. The molecule has 0 spiro atoms. The molecule has 0 unspecified atom stereocenters. The van der Waals surface area contributed by atoms with Gasteiger partial charge in [0.25, 0.3) is 0 Å². The van der Waals surface area contributed by atoms with Crippen LogP contribution < -0.4 is 15.9 Å². The molecule has 1 aliphatic rings. The molecule has 1 nitrogen and oxygen atoms in total. The average Bonchev–Trinajstić information content (AvgIpc) is 2.77. The molecular weight excluding hydrogens is 359 g/mol. The second-order valence-corrected chi connectivity index (χ2v) is 12.5. The Balaban J connectivity index is 2.08. The van der Waals surface area contributed by atoms with Gasteiger partial charge in [-0.3, -0.25) is 0 Å². The molecule has 3 aromatic rings. The van der Waals surface area contributed by atoms with Gasteiger partial charge in [-0.15, -0.1) is 0 Å². The van der Waals surface area contributed by atoms with Gasteiger partial charge in [-0.05, 0) is 0 Å². The van der Waals surface area contributed by atoms with Crippen LogP contribution in [0.25, 0.3) is 0 Å². The van der Waals surface area contributed by atoms with Gasteiger partial charge in [-0.2, -0.15) is 0 Å². The van der Waals surface area contributed by atoms with E-state index in [2.05, 4.69) is 105 Å². The van der Waals surface area contributed by atoms with Crippen molar-refractivity contribution in [3.05, 3.63) is 91.0 Å². The molecule has 1 fully saturated rings. The number of rotatable bonds is 7. The standard InChI is InChI=1S/C26H31OP/c1-3-14-25-26(15-4-2)28(27-25,22-16-8-5-9-17-22,23-18-10-6-11-19-23)24-20-12-7-13-21-24/h5-13,16-21,25-26H,3-4,14-15H2,1-2H3/t25-,26-/m1/s1. The van der Waals surface area contributed by atoms with Crippen LogP contribution in [0.3, 0.4) is 0 Å². The monoisotopic (exact) mass is 390 g/mol. The van der Waals surface area contributed by atoms with Crippen molar-refractivity contribution in [2.45, 2.75) is 51.3 Å². The summed E-state index contributed by atoms with van der Waals surface area (Å²) in [5, 5.41) is 4.12. The first-order chi connectivity index (χ1) is 13.8. The summed E-state index contributed by atoms with van der Waals surface area (Å²) >= 11 is 0. The van der Waals surface area contributed by atoms with Gasteiger partial charge in [0.2, 0.25) is 0 Å². The summed E-state index contributed by atoms with van der Waals surface area (Å²) in [5.41, 5.74) is 0.531.